The molecule has 1 unspecified atom stereocenters. The number of fused-ring (bicyclic) bond motifs is 1. The van der Waals surface area contributed by atoms with Gasteiger partial charge in [-0.05, 0) is 34.3 Å². The largest absolute Gasteiger partial charge is 0.226 e. The van der Waals surface area contributed by atoms with Crippen LogP contribution in [0, 0.1) is 0 Å². The van der Waals surface area contributed by atoms with E-state index in [2.05, 4.69) is 15.9 Å². The van der Waals surface area contributed by atoms with Gasteiger partial charge in [0.05, 0.1) is 0 Å². The average molecular weight is 215 g/mol. The summed E-state index contributed by atoms with van der Waals surface area (Å²) < 4.78 is 12.3. The Morgan fingerprint density at radius 1 is 1.36 bits per heavy atom. The number of rotatable bonds is 0. The molecule has 0 aliphatic heterocycles. The van der Waals surface area contributed by atoms with Gasteiger partial charge in [-0.15, -0.1) is 0 Å². The Hall–Kier alpha value is -0.370. The molecule has 1 aromatic rings. The minimum Gasteiger partial charge on any atom is -0.226 e. The van der Waals surface area contributed by atoms with E-state index in [1.54, 1.807) is 0 Å². The maximum absolute atomic E-state index is 13.5. The fraction of sp³-hybridized carbons (Fsp3) is 0.333. The summed E-state index contributed by atoms with van der Waals surface area (Å²) >= 11 is 3.07. The van der Waals surface area contributed by atoms with Gasteiger partial charge >= 0.3 is 0 Å². The lowest BCUT2D eigenvalue weighted by atomic mass is 10.1. The first-order valence-corrected chi connectivity index (χ1v) is 4.46. The molecule has 0 fully saturated rings. The van der Waals surface area contributed by atoms with E-state index in [-0.39, 0.29) is 0 Å². The second-order valence-electron chi connectivity index (χ2n) is 2.86. The highest BCUT2D eigenvalue weighted by Gasteiger charge is 2.35. The van der Waals surface area contributed by atoms with Crippen molar-refractivity contribution >= 4 is 15.9 Å². The van der Waals surface area contributed by atoms with E-state index in [1.807, 2.05) is 24.3 Å². The Morgan fingerprint density at radius 3 is 2.82 bits per heavy atom. The van der Waals surface area contributed by atoms with Gasteiger partial charge in [-0.2, -0.15) is 0 Å². The van der Waals surface area contributed by atoms with Gasteiger partial charge in [0.15, 0.2) is 4.58 Å². The number of aryl methyl sites for hydroxylation is 1. The zero-order valence-corrected chi connectivity index (χ0v) is 7.57. The molecule has 1 aliphatic carbocycles. The van der Waals surface area contributed by atoms with Gasteiger partial charge in [0, 0.05) is 5.56 Å². The maximum Gasteiger partial charge on any atom is 0.190 e. The van der Waals surface area contributed by atoms with Gasteiger partial charge < -0.3 is 0 Å². The molecule has 0 bridgehead atoms. The van der Waals surface area contributed by atoms with Crippen LogP contribution in [0.2, 0.25) is 0 Å². The Balaban J connectivity index is 2.56. The van der Waals surface area contributed by atoms with E-state index in [9.17, 15) is 4.39 Å². The lowest BCUT2D eigenvalue weighted by Crippen LogP contribution is -2.03. The molecule has 0 aromatic heterocycles. The molecule has 2 rings (SSSR count). The maximum atomic E-state index is 13.5. The summed E-state index contributed by atoms with van der Waals surface area (Å²) in [7, 11) is 0. The van der Waals surface area contributed by atoms with Crippen molar-refractivity contribution in [2.24, 2.45) is 0 Å². The van der Waals surface area contributed by atoms with Crippen LogP contribution in [0.4, 0.5) is 4.39 Å². The van der Waals surface area contributed by atoms with E-state index < -0.39 is 4.58 Å². The van der Waals surface area contributed by atoms with Crippen LogP contribution in [0.15, 0.2) is 24.3 Å². The molecule has 1 atom stereocenters. The van der Waals surface area contributed by atoms with Gasteiger partial charge in [0.2, 0.25) is 0 Å². The van der Waals surface area contributed by atoms with Crippen molar-refractivity contribution in [3.8, 4) is 0 Å². The summed E-state index contributed by atoms with van der Waals surface area (Å²) in [5, 5.41) is 0. The Morgan fingerprint density at radius 2 is 2.09 bits per heavy atom. The minimum absolute atomic E-state index is 0.562. The van der Waals surface area contributed by atoms with Crippen LogP contribution in [-0.2, 0) is 11.0 Å². The Bertz CT molecular complexity index is 281. The molecule has 1 aromatic carbocycles. The fourth-order valence-electron chi connectivity index (χ4n) is 1.52. The van der Waals surface area contributed by atoms with Crippen molar-refractivity contribution in [2.45, 2.75) is 17.4 Å². The summed E-state index contributed by atoms with van der Waals surface area (Å²) in [6.07, 6.45) is 1.41. The molecule has 2 heteroatoms. The molecule has 11 heavy (non-hydrogen) atoms. The summed E-state index contributed by atoms with van der Waals surface area (Å²) in [6, 6.07) is 7.65. The molecule has 0 radical (unpaired) electrons. The molecule has 0 N–H and O–H groups in total. The standard InChI is InChI=1S/C9H8BrF/c10-9(11)6-5-7-3-1-2-4-8(7)9/h1-4H,5-6H2. The molecule has 0 heterocycles. The molecule has 0 saturated heterocycles. The zero-order valence-electron chi connectivity index (χ0n) is 5.98. The monoisotopic (exact) mass is 214 g/mol. The summed E-state index contributed by atoms with van der Waals surface area (Å²) in [5.74, 6) is 0. The molecule has 0 amide bonds. The second kappa shape index (κ2) is 2.31. The number of hydrogen-bond acceptors (Lipinski definition) is 0. The predicted octanol–water partition coefficient (Wildman–Crippen LogP) is 3.15. The lowest BCUT2D eigenvalue weighted by molar-refractivity contribution is 0.305. The quantitative estimate of drug-likeness (QED) is 0.583. The van der Waals surface area contributed by atoms with Gasteiger partial charge in [-0.3, -0.25) is 0 Å². The van der Waals surface area contributed by atoms with Gasteiger partial charge in [-0.25, -0.2) is 4.39 Å². The van der Waals surface area contributed by atoms with Crippen molar-refractivity contribution in [2.75, 3.05) is 0 Å². The van der Waals surface area contributed by atoms with Gasteiger partial charge in [-0.1, -0.05) is 24.3 Å². The van der Waals surface area contributed by atoms with Crippen molar-refractivity contribution in [3.05, 3.63) is 35.4 Å². The van der Waals surface area contributed by atoms with Crippen molar-refractivity contribution in [3.63, 3.8) is 0 Å². The fourth-order valence-corrected chi connectivity index (χ4v) is 2.11. The molecule has 0 saturated carbocycles. The first-order chi connectivity index (χ1) is 5.20. The van der Waals surface area contributed by atoms with E-state index in [1.165, 1.54) is 0 Å². The predicted molar refractivity (Wildman–Crippen MR) is 46.5 cm³/mol. The number of halogens is 2. The number of benzene rings is 1. The second-order valence-corrected chi connectivity index (χ2v) is 4.12. The zero-order chi connectivity index (χ0) is 7.90. The first-order valence-electron chi connectivity index (χ1n) is 3.66. The molecule has 0 nitrogen and oxygen atoms in total. The molecule has 58 valence electrons. The SMILES string of the molecule is FC1(Br)CCc2ccccc21. The summed E-state index contributed by atoms with van der Waals surface area (Å²) in [5.41, 5.74) is 1.94. The minimum atomic E-state index is -1.26. The average Bonchev–Trinajstić information content (AvgIpc) is 2.29. The van der Waals surface area contributed by atoms with Crippen LogP contribution >= 0.6 is 15.9 Å². The van der Waals surface area contributed by atoms with Crippen LogP contribution in [0.5, 0.6) is 0 Å². The topological polar surface area (TPSA) is 0 Å². The van der Waals surface area contributed by atoms with Crippen molar-refractivity contribution in [1.82, 2.24) is 0 Å². The van der Waals surface area contributed by atoms with Crippen molar-refractivity contribution in [1.29, 1.82) is 0 Å². The van der Waals surface area contributed by atoms with E-state index in [0.29, 0.717) is 6.42 Å². The third-order valence-electron chi connectivity index (χ3n) is 2.12. The third-order valence-corrected chi connectivity index (χ3v) is 2.94. The van der Waals surface area contributed by atoms with Gasteiger partial charge in [0.1, 0.15) is 0 Å². The summed E-state index contributed by atoms with van der Waals surface area (Å²) in [4.78, 5) is 0. The van der Waals surface area contributed by atoms with E-state index in [4.69, 9.17) is 0 Å². The van der Waals surface area contributed by atoms with Gasteiger partial charge in [0.25, 0.3) is 0 Å². The Kier molecular flexibility index (Phi) is 1.53. The number of hydrogen-bond donors (Lipinski definition) is 0. The first kappa shape index (κ1) is 7.29. The molecule has 0 spiro atoms. The van der Waals surface area contributed by atoms with Crippen LogP contribution < -0.4 is 0 Å². The molecule has 1 aliphatic rings. The Labute approximate surface area is 73.6 Å². The van der Waals surface area contributed by atoms with E-state index in [0.717, 1.165) is 17.5 Å². The third kappa shape index (κ3) is 1.09. The van der Waals surface area contributed by atoms with Crippen LogP contribution in [0.1, 0.15) is 17.5 Å². The van der Waals surface area contributed by atoms with Crippen molar-refractivity contribution < 1.29 is 4.39 Å². The molecular weight excluding hydrogens is 207 g/mol. The smallest absolute Gasteiger partial charge is 0.190 e. The van der Waals surface area contributed by atoms with Crippen LogP contribution in [-0.4, -0.2) is 0 Å². The lowest BCUT2D eigenvalue weighted by Gasteiger charge is -2.10. The highest BCUT2D eigenvalue weighted by atomic mass is 79.9. The summed E-state index contributed by atoms with van der Waals surface area (Å²) in [6.45, 7) is 0. The highest BCUT2D eigenvalue weighted by Crippen LogP contribution is 2.44. The number of alkyl halides is 2. The van der Waals surface area contributed by atoms with E-state index >= 15 is 0 Å². The molecular formula is C9H8BrF. The highest BCUT2D eigenvalue weighted by molar-refractivity contribution is 9.09. The van der Waals surface area contributed by atoms with Crippen LogP contribution in [0.25, 0.3) is 0 Å². The normalized spacial score (nSPS) is 28.5. The van der Waals surface area contributed by atoms with Crippen LogP contribution in [0.3, 0.4) is 0 Å².